The van der Waals surface area contributed by atoms with Crippen LogP contribution in [-0.2, 0) is 0 Å². The standard InChI is InChI=1S/C14H20N2O4/c1-9(2)7-10(3)15(4)12-6-5-11(14(17)18)8-13(12)16(19)20/h5-6,8-10H,7H2,1-4H3,(H,17,18). The number of hydrogen-bond acceptors (Lipinski definition) is 4. The number of carboxylic acid groups (broad SMARTS) is 1. The average Bonchev–Trinajstić information content (AvgIpc) is 2.36. The van der Waals surface area contributed by atoms with Gasteiger partial charge in [0.15, 0.2) is 0 Å². The number of nitrogens with zero attached hydrogens (tertiary/aromatic N) is 2. The van der Waals surface area contributed by atoms with Gasteiger partial charge >= 0.3 is 5.97 Å². The van der Waals surface area contributed by atoms with Crippen molar-refractivity contribution in [3.05, 3.63) is 33.9 Å². The molecule has 0 bridgehead atoms. The van der Waals surface area contributed by atoms with Gasteiger partial charge in [0.2, 0.25) is 0 Å². The molecule has 0 spiro atoms. The number of carbonyl (C=O) groups is 1. The van der Waals surface area contributed by atoms with Gasteiger partial charge in [0, 0.05) is 19.2 Å². The van der Waals surface area contributed by atoms with Crippen LogP contribution in [0.4, 0.5) is 11.4 Å². The van der Waals surface area contributed by atoms with Gasteiger partial charge in [-0.2, -0.15) is 0 Å². The summed E-state index contributed by atoms with van der Waals surface area (Å²) in [7, 11) is 1.79. The average molecular weight is 280 g/mol. The quantitative estimate of drug-likeness (QED) is 0.639. The summed E-state index contributed by atoms with van der Waals surface area (Å²) in [5, 5.41) is 20.0. The fourth-order valence-corrected chi connectivity index (χ4v) is 2.18. The number of hydrogen-bond donors (Lipinski definition) is 1. The van der Waals surface area contributed by atoms with E-state index < -0.39 is 10.9 Å². The van der Waals surface area contributed by atoms with Crippen molar-refractivity contribution in [1.29, 1.82) is 0 Å². The van der Waals surface area contributed by atoms with E-state index in [0.717, 1.165) is 12.5 Å². The molecule has 110 valence electrons. The summed E-state index contributed by atoms with van der Waals surface area (Å²) < 4.78 is 0. The molecule has 20 heavy (non-hydrogen) atoms. The largest absolute Gasteiger partial charge is 0.478 e. The zero-order valence-corrected chi connectivity index (χ0v) is 12.2. The van der Waals surface area contributed by atoms with Crippen LogP contribution in [0.1, 0.15) is 37.6 Å². The Bertz CT molecular complexity index is 514. The minimum Gasteiger partial charge on any atom is -0.478 e. The van der Waals surface area contributed by atoms with Crippen LogP contribution in [0.5, 0.6) is 0 Å². The van der Waals surface area contributed by atoms with Crippen molar-refractivity contribution >= 4 is 17.3 Å². The van der Waals surface area contributed by atoms with Crippen molar-refractivity contribution < 1.29 is 14.8 Å². The van der Waals surface area contributed by atoms with Gasteiger partial charge in [0.25, 0.3) is 5.69 Å². The summed E-state index contributed by atoms with van der Waals surface area (Å²) in [5.74, 6) is -0.692. The second kappa shape index (κ2) is 6.36. The topological polar surface area (TPSA) is 83.7 Å². The second-order valence-corrected chi connectivity index (χ2v) is 5.36. The Kier molecular flexibility index (Phi) is 5.07. The van der Waals surface area contributed by atoms with Crippen molar-refractivity contribution in [3.63, 3.8) is 0 Å². The first-order valence-corrected chi connectivity index (χ1v) is 6.48. The predicted molar refractivity (Wildman–Crippen MR) is 77.4 cm³/mol. The zero-order valence-electron chi connectivity index (χ0n) is 12.2. The maximum atomic E-state index is 11.1. The molecule has 1 rings (SSSR count). The summed E-state index contributed by atoms with van der Waals surface area (Å²) in [5.41, 5.74) is 0.182. The van der Waals surface area contributed by atoms with Gasteiger partial charge in [0.1, 0.15) is 5.69 Å². The molecule has 0 fully saturated rings. The molecule has 6 heteroatoms. The molecule has 6 nitrogen and oxygen atoms in total. The van der Waals surface area contributed by atoms with E-state index in [1.807, 2.05) is 11.8 Å². The van der Waals surface area contributed by atoms with Crippen LogP contribution in [0.2, 0.25) is 0 Å². The second-order valence-electron chi connectivity index (χ2n) is 5.36. The van der Waals surface area contributed by atoms with E-state index in [0.29, 0.717) is 11.6 Å². The summed E-state index contributed by atoms with van der Waals surface area (Å²) >= 11 is 0. The molecule has 0 saturated heterocycles. The SMILES string of the molecule is CC(C)CC(C)N(C)c1ccc(C(=O)O)cc1[N+](=O)[O-]. The molecule has 0 aliphatic carbocycles. The minimum absolute atomic E-state index is 0.0784. The summed E-state index contributed by atoms with van der Waals surface area (Å²) in [6, 6.07) is 4.13. The highest BCUT2D eigenvalue weighted by Gasteiger charge is 2.22. The number of benzene rings is 1. The third kappa shape index (κ3) is 3.69. The number of anilines is 1. The van der Waals surface area contributed by atoms with E-state index in [2.05, 4.69) is 13.8 Å². The van der Waals surface area contributed by atoms with E-state index in [4.69, 9.17) is 5.11 Å². The van der Waals surface area contributed by atoms with E-state index in [1.54, 1.807) is 7.05 Å². The number of aromatic carboxylic acids is 1. The Hall–Kier alpha value is -2.11. The van der Waals surface area contributed by atoms with Crippen LogP contribution in [0.3, 0.4) is 0 Å². The Labute approximate surface area is 118 Å². The first-order chi connectivity index (χ1) is 9.23. The van der Waals surface area contributed by atoms with Gasteiger partial charge in [-0.3, -0.25) is 10.1 Å². The van der Waals surface area contributed by atoms with Crippen molar-refractivity contribution in [2.24, 2.45) is 5.92 Å². The Morgan fingerprint density at radius 1 is 1.40 bits per heavy atom. The summed E-state index contributed by atoms with van der Waals surface area (Å²) in [4.78, 5) is 23.3. The molecule has 1 atom stereocenters. The molecule has 1 N–H and O–H groups in total. The molecule has 0 aliphatic heterocycles. The first-order valence-electron chi connectivity index (χ1n) is 6.48. The van der Waals surface area contributed by atoms with E-state index in [-0.39, 0.29) is 17.3 Å². The van der Waals surface area contributed by atoms with Crippen LogP contribution in [-0.4, -0.2) is 29.1 Å². The predicted octanol–water partition coefficient (Wildman–Crippen LogP) is 3.16. The summed E-state index contributed by atoms with van der Waals surface area (Å²) in [6.45, 7) is 6.17. The lowest BCUT2D eigenvalue weighted by atomic mass is 10.0. The highest BCUT2D eigenvalue weighted by molar-refractivity contribution is 5.89. The van der Waals surface area contributed by atoms with Gasteiger partial charge in [-0.05, 0) is 31.4 Å². The van der Waals surface area contributed by atoms with Crippen LogP contribution in [0.15, 0.2) is 18.2 Å². The minimum atomic E-state index is -1.17. The van der Waals surface area contributed by atoms with Gasteiger partial charge in [-0.1, -0.05) is 13.8 Å². The zero-order chi connectivity index (χ0) is 15.4. The van der Waals surface area contributed by atoms with Crippen LogP contribution >= 0.6 is 0 Å². The first kappa shape index (κ1) is 15.9. The lowest BCUT2D eigenvalue weighted by molar-refractivity contribution is -0.384. The Balaban J connectivity index is 3.16. The molecule has 0 aliphatic rings. The fraction of sp³-hybridized carbons (Fsp3) is 0.500. The van der Waals surface area contributed by atoms with Crippen molar-refractivity contribution in [2.75, 3.05) is 11.9 Å². The maximum absolute atomic E-state index is 11.1. The van der Waals surface area contributed by atoms with Crippen molar-refractivity contribution in [2.45, 2.75) is 33.2 Å². The smallest absolute Gasteiger partial charge is 0.335 e. The number of nitro benzene ring substituents is 1. The number of rotatable bonds is 6. The molecule has 0 radical (unpaired) electrons. The molecule has 1 aromatic rings. The molecule has 0 saturated carbocycles. The lowest BCUT2D eigenvalue weighted by Gasteiger charge is -2.28. The molecular weight excluding hydrogens is 260 g/mol. The molecule has 0 aromatic heterocycles. The van der Waals surface area contributed by atoms with Crippen LogP contribution < -0.4 is 4.90 Å². The van der Waals surface area contributed by atoms with Crippen molar-refractivity contribution in [3.8, 4) is 0 Å². The van der Waals surface area contributed by atoms with E-state index in [1.165, 1.54) is 12.1 Å². The Morgan fingerprint density at radius 2 is 2.00 bits per heavy atom. The molecule has 0 amide bonds. The highest BCUT2D eigenvalue weighted by atomic mass is 16.6. The van der Waals surface area contributed by atoms with Crippen LogP contribution in [0, 0.1) is 16.0 Å². The highest BCUT2D eigenvalue weighted by Crippen LogP contribution is 2.30. The monoisotopic (exact) mass is 280 g/mol. The molecular formula is C14H20N2O4. The molecule has 0 heterocycles. The Morgan fingerprint density at radius 3 is 2.45 bits per heavy atom. The third-order valence-electron chi connectivity index (χ3n) is 3.27. The number of nitro groups is 1. The van der Waals surface area contributed by atoms with Gasteiger partial charge in [0.05, 0.1) is 10.5 Å². The van der Waals surface area contributed by atoms with Gasteiger partial charge in [-0.15, -0.1) is 0 Å². The normalized spacial score (nSPS) is 12.2. The molecule has 1 aromatic carbocycles. The summed E-state index contributed by atoms with van der Waals surface area (Å²) in [6.07, 6.45) is 0.897. The van der Waals surface area contributed by atoms with Crippen molar-refractivity contribution in [1.82, 2.24) is 0 Å². The lowest BCUT2D eigenvalue weighted by Crippen LogP contribution is -2.30. The number of carboxylic acids is 1. The van der Waals surface area contributed by atoms with E-state index >= 15 is 0 Å². The molecule has 1 unspecified atom stereocenters. The van der Waals surface area contributed by atoms with Crippen LogP contribution in [0.25, 0.3) is 0 Å². The van der Waals surface area contributed by atoms with Gasteiger partial charge in [-0.25, -0.2) is 4.79 Å². The fourth-order valence-electron chi connectivity index (χ4n) is 2.18. The maximum Gasteiger partial charge on any atom is 0.335 e. The van der Waals surface area contributed by atoms with Gasteiger partial charge < -0.3 is 10.0 Å². The third-order valence-corrected chi connectivity index (χ3v) is 3.27. The van der Waals surface area contributed by atoms with E-state index in [9.17, 15) is 14.9 Å².